The molecule has 3 rings (SSSR count). The molecule has 0 saturated carbocycles. The fourth-order valence-corrected chi connectivity index (χ4v) is 2.88. The molecule has 3 N–H and O–H groups in total. The van der Waals surface area contributed by atoms with Crippen LogP contribution in [0.25, 0.3) is 10.9 Å². The zero-order chi connectivity index (χ0) is 14.1. The van der Waals surface area contributed by atoms with E-state index in [1.165, 1.54) is 16.5 Å². The first-order valence-corrected chi connectivity index (χ1v) is 6.89. The summed E-state index contributed by atoms with van der Waals surface area (Å²) >= 11 is 0. The lowest BCUT2D eigenvalue weighted by Crippen LogP contribution is -2.39. The van der Waals surface area contributed by atoms with Crippen molar-refractivity contribution in [3.8, 4) is 0 Å². The number of carbonyl (C=O) groups is 1. The van der Waals surface area contributed by atoms with Gasteiger partial charge in [-0.2, -0.15) is 0 Å². The minimum atomic E-state index is -0.409. The maximum atomic E-state index is 11.5. The molecule has 2 heterocycles. The van der Waals surface area contributed by atoms with Crippen molar-refractivity contribution in [3.05, 3.63) is 36.0 Å². The van der Waals surface area contributed by atoms with Gasteiger partial charge >= 0.3 is 0 Å². The van der Waals surface area contributed by atoms with E-state index in [-0.39, 0.29) is 12.0 Å². The molecular formula is C15H19N3O2. The van der Waals surface area contributed by atoms with E-state index in [2.05, 4.69) is 47.4 Å². The summed E-state index contributed by atoms with van der Waals surface area (Å²) in [6, 6.07) is 8.42. The normalized spacial score (nSPS) is 22.3. The highest BCUT2D eigenvalue weighted by Gasteiger charge is 2.30. The molecule has 1 aromatic heterocycles. The monoisotopic (exact) mass is 273 g/mol. The number of aromatic nitrogens is 1. The van der Waals surface area contributed by atoms with Crippen molar-refractivity contribution in [3.63, 3.8) is 0 Å². The van der Waals surface area contributed by atoms with Gasteiger partial charge in [-0.3, -0.25) is 10.2 Å². The van der Waals surface area contributed by atoms with Gasteiger partial charge in [0.25, 0.3) is 5.91 Å². The fraction of sp³-hybridized carbons (Fsp3) is 0.400. The number of rotatable bonds is 3. The lowest BCUT2D eigenvalue weighted by Gasteiger charge is -2.14. The summed E-state index contributed by atoms with van der Waals surface area (Å²) in [5.74, 6) is 4.90. The predicted octanol–water partition coefficient (Wildman–Crippen LogP) is 1.49. The maximum Gasteiger partial charge on any atom is 0.263 e. The lowest BCUT2D eigenvalue weighted by atomic mass is 10.1. The third kappa shape index (κ3) is 2.30. The van der Waals surface area contributed by atoms with Gasteiger partial charge in [0.1, 0.15) is 6.10 Å². The van der Waals surface area contributed by atoms with Crippen LogP contribution >= 0.6 is 0 Å². The second-order valence-corrected chi connectivity index (χ2v) is 5.31. The largest absolute Gasteiger partial charge is 0.363 e. The second kappa shape index (κ2) is 5.26. The Labute approximate surface area is 117 Å². The van der Waals surface area contributed by atoms with E-state index in [9.17, 15) is 4.79 Å². The van der Waals surface area contributed by atoms with E-state index in [1.54, 1.807) is 0 Å². The quantitative estimate of drug-likeness (QED) is 0.505. The Morgan fingerprint density at radius 1 is 1.45 bits per heavy atom. The van der Waals surface area contributed by atoms with Crippen LogP contribution in [0.5, 0.6) is 0 Å². The fourth-order valence-electron chi connectivity index (χ4n) is 2.88. The standard InChI is InChI=1S/C15H19N3O2/c1-10-3-2-4-13-12(10)7-8-18(13)9-11-5-6-14(20-11)15(19)17-16/h2-4,7-8,11,14H,5-6,9,16H2,1H3,(H,17,19). The molecular weight excluding hydrogens is 254 g/mol. The minimum Gasteiger partial charge on any atom is -0.363 e. The summed E-state index contributed by atoms with van der Waals surface area (Å²) in [6.45, 7) is 2.88. The number of aryl methyl sites for hydroxylation is 1. The number of ether oxygens (including phenoxy) is 1. The van der Waals surface area contributed by atoms with Crippen LogP contribution in [0.3, 0.4) is 0 Å². The number of benzene rings is 1. The van der Waals surface area contributed by atoms with Crippen LogP contribution in [0.15, 0.2) is 30.5 Å². The van der Waals surface area contributed by atoms with Crippen molar-refractivity contribution >= 4 is 16.8 Å². The van der Waals surface area contributed by atoms with Crippen molar-refractivity contribution in [2.45, 2.75) is 38.5 Å². The van der Waals surface area contributed by atoms with Crippen molar-refractivity contribution < 1.29 is 9.53 Å². The Morgan fingerprint density at radius 2 is 2.30 bits per heavy atom. The van der Waals surface area contributed by atoms with Gasteiger partial charge < -0.3 is 9.30 Å². The molecule has 5 nitrogen and oxygen atoms in total. The summed E-state index contributed by atoms with van der Waals surface area (Å²) < 4.78 is 7.94. The topological polar surface area (TPSA) is 69.3 Å². The van der Waals surface area contributed by atoms with Gasteiger partial charge in [0.05, 0.1) is 6.10 Å². The van der Waals surface area contributed by atoms with E-state index in [0.29, 0.717) is 0 Å². The summed E-state index contributed by atoms with van der Waals surface area (Å²) in [6.07, 6.45) is 3.34. The number of amides is 1. The van der Waals surface area contributed by atoms with E-state index < -0.39 is 6.10 Å². The smallest absolute Gasteiger partial charge is 0.263 e. The molecule has 2 atom stereocenters. The first kappa shape index (κ1) is 13.1. The number of hydrogen-bond donors (Lipinski definition) is 2. The zero-order valence-corrected chi connectivity index (χ0v) is 11.5. The van der Waals surface area contributed by atoms with Crippen molar-refractivity contribution in [2.75, 3.05) is 0 Å². The molecule has 1 saturated heterocycles. The van der Waals surface area contributed by atoms with E-state index in [1.807, 2.05) is 0 Å². The number of nitrogens with two attached hydrogens (primary N) is 1. The molecule has 0 spiro atoms. The summed E-state index contributed by atoms with van der Waals surface area (Å²) in [5, 5.41) is 1.27. The van der Waals surface area contributed by atoms with Crippen LogP contribution in [0.2, 0.25) is 0 Å². The zero-order valence-electron chi connectivity index (χ0n) is 11.5. The molecule has 5 heteroatoms. The average Bonchev–Trinajstić information content (AvgIpc) is 3.07. The Morgan fingerprint density at radius 3 is 3.10 bits per heavy atom. The van der Waals surface area contributed by atoms with E-state index in [4.69, 9.17) is 10.6 Å². The molecule has 20 heavy (non-hydrogen) atoms. The van der Waals surface area contributed by atoms with Crippen LogP contribution < -0.4 is 11.3 Å². The first-order chi connectivity index (χ1) is 9.69. The van der Waals surface area contributed by atoms with Gasteiger partial charge in [0.15, 0.2) is 0 Å². The molecule has 1 amide bonds. The van der Waals surface area contributed by atoms with Gasteiger partial charge in [-0.1, -0.05) is 12.1 Å². The highest BCUT2D eigenvalue weighted by atomic mass is 16.5. The molecule has 106 valence electrons. The van der Waals surface area contributed by atoms with Crippen LogP contribution in [0, 0.1) is 6.92 Å². The Kier molecular flexibility index (Phi) is 3.46. The van der Waals surface area contributed by atoms with E-state index >= 15 is 0 Å². The third-order valence-corrected chi connectivity index (χ3v) is 3.97. The second-order valence-electron chi connectivity index (χ2n) is 5.31. The summed E-state index contributed by atoms with van der Waals surface area (Å²) in [7, 11) is 0. The number of fused-ring (bicyclic) bond motifs is 1. The average molecular weight is 273 g/mol. The molecule has 1 aliphatic heterocycles. The number of nitrogens with one attached hydrogen (secondary N) is 1. The predicted molar refractivity (Wildman–Crippen MR) is 76.9 cm³/mol. The van der Waals surface area contributed by atoms with Gasteiger partial charge in [-0.15, -0.1) is 0 Å². The van der Waals surface area contributed by atoms with Crippen LogP contribution in [0.4, 0.5) is 0 Å². The number of carbonyl (C=O) groups excluding carboxylic acids is 1. The molecule has 1 aromatic carbocycles. The van der Waals surface area contributed by atoms with Gasteiger partial charge in [-0.25, -0.2) is 5.84 Å². The molecule has 0 bridgehead atoms. The van der Waals surface area contributed by atoms with Crippen LogP contribution in [-0.2, 0) is 16.1 Å². The van der Waals surface area contributed by atoms with Crippen molar-refractivity contribution in [2.24, 2.45) is 5.84 Å². The Bertz CT molecular complexity index is 635. The number of nitrogens with zero attached hydrogens (tertiary/aromatic N) is 1. The van der Waals surface area contributed by atoms with Crippen molar-refractivity contribution in [1.29, 1.82) is 0 Å². The molecule has 0 aliphatic carbocycles. The SMILES string of the molecule is Cc1cccc2c1ccn2CC1CCC(C(=O)NN)O1. The highest BCUT2D eigenvalue weighted by molar-refractivity contribution is 5.83. The Hall–Kier alpha value is -1.85. The highest BCUT2D eigenvalue weighted by Crippen LogP contribution is 2.24. The van der Waals surface area contributed by atoms with Crippen LogP contribution in [-0.4, -0.2) is 22.7 Å². The summed E-state index contributed by atoms with van der Waals surface area (Å²) in [5.41, 5.74) is 4.63. The van der Waals surface area contributed by atoms with Crippen molar-refractivity contribution in [1.82, 2.24) is 9.99 Å². The number of hydrogen-bond acceptors (Lipinski definition) is 3. The van der Waals surface area contributed by atoms with Gasteiger partial charge in [0, 0.05) is 23.6 Å². The van der Waals surface area contributed by atoms with Gasteiger partial charge in [0.2, 0.25) is 0 Å². The molecule has 0 radical (unpaired) electrons. The van der Waals surface area contributed by atoms with Crippen LogP contribution in [0.1, 0.15) is 18.4 Å². The minimum absolute atomic E-state index is 0.0633. The lowest BCUT2D eigenvalue weighted by molar-refractivity contribution is -0.132. The number of hydrazine groups is 1. The Balaban J connectivity index is 1.75. The van der Waals surface area contributed by atoms with Gasteiger partial charge in [-0.05, 0) is 37.5 Å². The third-order valence-electron chi connectivity index (χ3n) is 3.97. The molecule has 2 aromatic rings. The first-order valence-electron chi connectivity index (χ1n) is 6.89. The molecule has 1 fully saturated rings. The molecule has 2 unspecified atom stereocenters. The maximum absolute atomic E-state index is 11.5. The summed E-state index contributed by atoms with van der Waals surface area (Å²) in [4.78, 5) is 11.5. The molecule has 1 aliphatic rings. The van der Waals surface area contributed by atoms with E-state index in [0.717, 1.165) is 19.4 Å².